The fraction of sp³-hybridized carbons (Fsp3) is 0.455. The molecule has 1 aliphatic rings. The molecule has 7 heteroatoms. The van der Waals surface area contributed by atoms with Crippen molar-refractivity contribution < 1.29 is 0 Å². The maximum absolute atomic E-state index is 11.8. The van der Waals surface area contributed by atoms with Gasteiger partial charge < -0.3 is 10.7 Å². The summed E-state index contributed by atoms with van der Waals surface area (Å²) in [4.78, 5) is 21.3. The van der Waals surface area contributed by atoms with Gasteiger partial charge in [-0.2, -0.15) is 0 Å². The number of likely N-dealkylation sites (tertiary alicyclic amines) is 1. The van der Waals surface area contributed by atoms with Gasteiger partial charge in [-0.3, -0.25) is 9.69 Å². The Morgan fingerprint density at radius 2 is 2.44 bits per heavy atom. The van der Waals surface area contributed by atoms with Crippen molar-refractivity contribution in [2.45, 2.75) is 19.0 Å². The Hall–Kier alpha value is -0.950. The highest BCUT2D eigenvalue weighted by Crippen LogP contribution is 2.15. The van der Waals surface area contributed by atoms with E-state index in [1.807, 2.05) is 11.4 Å². The van der Waals surface area contributed by atoms with Crippen LogP contribution in [0.4, 0.5) is 0 Å². The highest BCUT2D eigenvalue weighted by atomic mass is 35.5. The number of aromatic nitrogens is 2. The first-order valence-corrected chi connectivity index (χ1v) is 6.54. The van der Waals surface area contributed by atoms with Gasteiger partial charge in [0.2, 0.25) is 0 Å². The number of hydrogen-bond donors (Lipinski definition) is 2. The first kappa shape index (κ1) is 13.5. The number of nitrogens with one attached hydrogen (secondary N) is 1. The Kier molecular flexibility index (Phi) is 4.01. The lowest BCUT2D eigenvalue weighted by Gasteiger charge is -2.13. The minimum atomic E-state index is -0.0384. The molecule has 1 saturated heterocycles. The topological polar surface area (TPSA) is 75.0 Å². The summed E-state index contributed by atoms with van der Waals surface area (Å²) in [6.45, 7) is 2.53. The molecular weight excluding hydrogens is 272 g/mol. The molecule has 0 aromatic carbocycles. The summed E-state index contributed by atoms with van der Waals surface area (Å²) in [5.41, 5.74) is 6.60. The van der Waals surface area contributed by atoms with Crippen molar-refractivity contribution >= 4 is 34.0 Å². The molecule has 3 rings (SSSR count). The average Bonchev–Trinajstić information content (AvgIpc) is 2.87. The molecule has 5 nitrogen and oxygen atoms in total. The van der Waals surface area contributed by atoms with Gasteiger partial charge in [-0.05, 0) is 17.9 Å². The lowest BCUT2D eigenvalue weighted by molar-refractivity contribution is 0.318. The van der Waals surface area contributed by atoms with Gasteiger partial charge in [0.1, 0.15) is 10.5 Å². The zero-order valence-electron chi connectivity index (χ0n) is 9.76. The lowest BCUT2D eigenvalue weighted by Crippen LogP contribution is -2.27. The monoisotopic (exact) mass is 286 g/mol. The van der Waals surface area contributed by atoms with E-state index in [-0.39, 0.29) is 24.0 Å². The molecule has 3 heterocycles. The molecular formula is C11H15ClN4OS. The van der Waals surface area contributed by atoms with Crippen molar-refractivity contribution in [3.05, 3.63) is 27.6 Å². The molecule has 0 unspecified atom stereocenters. The summed E-state index contributed by atoms with van der Waals surface area (Å²) in [7, 11) is 0. The molecule has 2 aromatic rings. The van der Waals surface area contributed by atoms with E-state index in [9.17, 15) is 4.79 Å². The predicted octanol–water partition coefficient (Wildman–Crippen LogP) is 0.939. The zero-order valence-corrected chi connectivity index (χ0v) is 11.4. The highest BCUT2D eigenvalue weighted by molar-refractivity contribution is 7.17. The molecule has 0 aliphatic carbocycles. The van der Waals surface area contributed by atoms with E-state index in [0.717, 1.165) is 30.9 Å². The molecule has 3 N–H and O–H groups in total. The van der Waals surface area contributed by atoms with Crippen molar-refractivity contribution in [1.29, 1.82) is 0 Å². The SMILES string of the molecule is Cl.N[C@H]1CCN(Cc2nc3ccsc3c(=O)[nH]2)C1. The van der Waals surface area contributed by atoms with Crippen LogP contribution in [0.2, 0.25) is 0 Å². The van der Waals surface area contributed by atoms with Gasteiger partial charge in [-0.15, -0.1) is 23.7 Å². The third kappa shape index (κ3) is 2.56. The van der Waals surface area contributed by atoms with Crippen LogP contribution in [0.25, 0.3) is 10.2 Å². The molecule has 1 aliphatic heterocycles. The minimum absolute atomic E-state index is 0. The van der Waals surface area contributed by atoms with Crippen LogP contribution in [-0.2, 0) is 6.54 Å². The molecule has 1 fully saturated rings. The first-order valence-electron chi connectivity index (χ1n) is 5.67. The smallest absolute Gasteiger partial charge is 0.268 e. The maximum atomic E-state index is 11.8. The number of nitrogens with zero attached hydrogens (tertiary/aromatic N) is 2. The predicted molar refractivity (Wildman–Crippen MR) is 75.4 cm³/mol. The van der Waals surface area contributed by atoms with Crippen LogP contribution in [0.1, 0.15) is 12.2 Å². The van der Waals surface area contributed by atoms with Gasteiger partial charge in [-0.1, -0.05) is 0 Å². The molecule has 98 valence electrons. The lowest BCUT2D eigenvalue weighted by atomic mass is 10.3. The molecule has 2 aromatic heterocycles. The molecule has 0 saturated carbocycles. The van der Waals surface area contributed by atoms with Crippen LogP contribution >= 0.6 is 23.7 Å². The average molecular weight is 287 g/mol. The first-order chi connectivity index (χ1) is 8.22. The van der Waals surface area contributed by atoms with E-state index < -0.39 is 0 Å². The van der Waals surface area contributed by atoms with Crippen molar-refractivity contribution in [2.24, 2.45) is 5.73 Å². The molecule has 0 spiro atoms. The summed E-state index contributed by atoms with van der Waals surface area (Å²) in [6.07, 6.45) is 1.02. The molecule has 1 atom stereocenters. The van der Waals surface area contributed by atoms with Crippen LogP contribution in [0, 0.1) is 0 Å². The number of fused-ring (bicyclic) bond motifs is 1. The molecule has 0 bridgehead atoms. The number of rotatable bonds is 2. The summed E-state index contributed by atoms with van der Waals surface area (Å²) < 4.78 is 0.701. The van der Waals surface area contributed by atoms with Crippen molar-refractivity contribution in [3.8, 4) is 0 Å². The second-order valence-corrected chi connectivity index (χ2v) is 5.35. The Labute approximate surface area is 114 Å². The van der Waals surface area contributed by atoms with Gasteiger partial charge >= 0.3 is 0 Å². The summed E-state index contributed by atoms with van der Waals surface area (Å²) in [5, 5.41) is 1.89. The second kappa shape index (κ2) is 5.36. The Bertz CT molecular complexity index is 596. The molecule has 0 amide bonds. The molecule has 18 heavy (non-hydrogen) atoms. The van der Waals surface area contributed by atoms with Gasteiger partial charge in [0.25, 0.3) is 5.56 Å². The van der Waals surface area contributed by atoms with Gasteiger partial charge in [0.15, 0.2) is 0 Å². The van der Waals surface area contributed by atoms with E-state index in [1.54, 1.807) is 0 Å². The number of nitrogens with two attached hydrogens (primary N) is 1. The summed E-state index contributed by atoms with van der Waals surface area (Å²) in [5.74, 6) is 0.731. The van der Waals surface area contributed by atoms with Crippen molar-refractivity contribution in [1.82, 2.24) is 14.9 Å². The van der Waals surface area contributed by atoms with Crippen LogP contribution in [0.3, 0.4) is 0 Å². The maximum Gasteiger partial charge on any atom is 0.268 e. The van der Waals surface area contributed by atoms with Gasteiger partial charge in [0, 0.05) is 19.1 Å². The van der Waals surface area contributed by atoms with Gasteiger partial charge in [-0.25, -0.2) is 4.98 Å². The van der Waals surface area contributed by atoms with Crippen LogP contribution in [-0.4, -0.2) is 34.0 Å². The number of halogens is 1. The van der Waals surface area contributed by atoms with Crippen LogP contribution in [0.15, 0.2) is 16.2 Å². The fourth-order valence-corrected chi connectivity index (χ4v) is 2.94. The summed E-state index contributed by atoms with van der Waals surface area (Å²) >= 11 is 1.43. The standard InChI is InChI=1S/C11H14N4OS.ClH/c12-7-1-3-15(5-7)6-9-13-8-2-4-17-10(8)11(16)14-9;/h2,4,7H,1,3,5-6,12H2,(H,13,14,16);1H/t7-;/m0./s1. The normalized spacial score (nSPS) is 20.2. The van der Waals surface area contributed by atoms with Gasteiger partial charge in [0.05, 0.1) is 12.1 Å². The minimum Gasteiger partial charge on any atom is -0.326 e. The third-order valence-corrected chi connectivity index (χ3v) is 3.95. The van der Waals surface area contributed by atoms with Crippen molar-refractivity contribution in [2.75, 3.05) is 13.1 Å². The highest BCUT2D eigenvalue weighted by Gasteiger charge is 2.19. The number of thiophene rings is 1. The van der Waals surface area contributed by atoms with E-state index in [0.29, 0.717) is 11.2 Å². The Balaban J connectivity index is 0.00000120. The third-order valence-electron chi connectivity index (χ3n) is 3.05. The van der Waals surface area contributed by atoms with Crippen LogP contribution < -0.4 is 11.3 Å². The quantitative estimate of drug-likeness (QED) is 0.862. The number of aromatic amines is 1. The van der Waals surface area contributed by atoms with Crippen LogP contribution in [0.5, 0.6) is 0 Å². The molecule has 0 radical (unpaired) electrons. The second-order valence-electron chi connectivity index (χ2n) is 4.43. The number of H-pyrrole nitrogens is 1. The summed E-state index contributed by atoms with van der Waals surface area (Å²) in [6, 6.07) is 2.14. The van der Waals surface area contributed by atoms with E-state index in [1.165, 1.54) is 11.3 Å². The largest absolute Gasteiger partial charge is 0.326 e. The van der Waals surface area contributed by atoms with E-state index in [2.05, 4.69) is 14.9 Å². The zero-order chi connectivity index (χ0) is 11.8. The van der Waals surface area contributed by atoms with E-state index in [4.69, 9.17) is 5.73 Å². The number of hydrogen-bond acceptors (Lipinski definition) is 5. The Morgan fingerprint density at radius 1 is 1.61 bits per heavy atom. The fourth-order valence-electron chi connectivity index (χ4n) is 2.21. The van der Waals surface area contributed by atoms with Crippen molar-refractivity contribution in [3.63, 3.8) is 0 Å². The Morgan fingerprint density at radius 3 is 3.17 bits per heavy atom. The van der Waals surface area contributed by atoms with E-state index >= 15 is 0 Å².